The van der Waals surface area contributed by atoms with Crippen molar-refractivity contribution < 1.29 is 0 Å². The standard InChI is InChI=1S/C15H26N2/c1-2-3-4-5-6-7-8-9-14-10-12-15(17-16)13-11-14/h10-13,17H,2-9,16H2,1H3. The Bertz CT molecular complexity index is 279. The van der Waals surface area contributed by atoms with E-state index in [2.05, 4.69) is 24.5 Å². The predicted molar refractivity (Wildman–Crippen MR) is 75.9 cm³/mol. The van der Waals surface area contributed by atoms with Crippen molar-refractivity contribution in [1.82, 2.24) is 0 Å². The van der Waals surface area contributed by atoms with E-state index in [4.69, 9.17) is 5.84 Å². The average Bonchev–Trinajstić information content (AvgIpc) is 2.38. The summed E-state index contributed by atoms with van der Waals surface area (Å²) in [4.78, 5) is 0. The third kappa shape index (κ3) is 6.32. The molecular weight excluding hydrogens is 208 g/mol. The first-order chi connectivity index (χ1) is 8.36. The zero-order valence-corrected chi connectivity index (χ0v) is 11.0. The number of benzene rings is 1. The van der Waals surface area contributed by atoms with Gasteiger partial charge in [-0.3, -0.25) is 5.84 Å². The number of hydrogen-bond acceptors (Lipinski definition) is 2. The molecule has 0 saturated heterocycles. The molecule has 0 aromatic heterocycles. The average molecular weight is 234 g/mol. The van der Waals surface area contributed by atoms with Crippen LogP contribution in [0.3, 0.4) is 0 Å². The van der Waals surface area contributed by atoms with Crippen molar-refractivity contribution in [2.75, 3.05) is 5.43 Å². The molecule has 96 valence electrons. The number of nitrogen functional groups attached to an aromatic ring is 1. The molecule has 1 rings (SSSR count). The maximum atomic E-state index is 5.33. The quantitative estimate of drug-likeness (QED) is 0.380. The van der Waals surface area contributed by atoms with Crippen LogP contribution in [-0.4, -0.2) is 0 Å². The SMILES string of the molecule is CCCCCCCCCc1ccc(NN)cc1. The highest BCUT2D eigenvalue weighted by Crippen LogP contribution is 2.12. The molecule has 0 fully saturated rings. The van der Waals surface area contributed by atoms with Gasteiger partial charge in [0.1, 0.15) is 0 Å². The fraction of sp³-hybridized carbons (Fsp3) is 0.600. The van der Waals surface area contributed by atoms with E-state index in [1.807, 2.05) is 12.1 Å². The van der Waals surface area contributed by atoms with Crippen LogP contribution in [-0.2, 0) is 6.42 Å². The van der Waals surface area contributed by atoms with Gasteiger partial charge in [0, 0.05) is 5.69 Å². The van der Waals surface area contributed by atoms with E-state index in [0.29, 0.717) is 0 Å². The molecule has 0 aliphatic rings. The zero-order valence-electron chi connectivity index (χ0n) is 11.0. The summed E-state index contributed by atoms with van der Waals surface area (Å²) in [6.45, 7) is 2.26. The van der Waals surface area contributed by atoms with Gasteiger partial charge in [-0.2, -0.15) is 0 Å². The Morgan fingerprint density at radius 3 is 2.06 bits per heavy atom. The van der Waals surface area contributed by atoms with E-state index in [0.717, 1.165) is 5.69 Å². The molecular formula is C15H26N2. The second-order valence-electron chi connectivity index (χ2n) is 4.71. The van der Waals surface area contributed by atoms with Gasteiger partial charge in [-0.05, 0) is 30.5 Å². The Balaban J connectivity index is 2.05. The summed E-state index contributed by atoms with van der Waals surface area (Å²) in [6.07, 6.45) is 10.8. The lowest BCUT2D eigenvalue weighted by molar-refractivity contribution is 0.589. The van der Waals surface area contributed by atoms with Crippen LogP contribution < -0.4 is 11.3 Å². The zero-order chi connectivity index (χ0) is 12.3. The molecule has 0 aliphatic heterocycles. The lowest BCUT2D eigenvalue weighted by Crippen LogP contribution is -2.06. The highest BCUT2D eigenvalue weighted by molar-refractivity contribution is 5.43. The predicted octanol–water partition coefficient (Wildman–Crippen LogP) is 4.27. The van der Waals surface area contributed by atoms with Crippen LogP contribution in [0, 0.1) is 0 Å². The fourth-order valence-corrected chi connectivity index (χ4v) is 2.05. The molecule has 1 aromatic rings. The molecule has 0 amide bonds. The summed E-state index contributed by atoms with van der Waals surface area (Å²) in [7, 11) is 0. The molecule has 1 aromatic carbocycles. The van der Waals surface area contributed by atoms with E-state index in [-0.39, 0.29) is 0 Å². The number of unbranched alkanes of at least 4 members (excludes halogenated alkanes) is 6. The molecule has 3 N–H and O–H groups in total. The highest BCUT2D eigenvalue weighted by atomic mass is 15.2. The molecule has 2 heteroatoms. The van der Waals surface area contributed by atoms with Gasteiger partial charge in [0.15, 0.2) is 0 Å². The molecule has 0 bridgehead atoms. The maximum absolute atomic E-state index is 5.33. The van der Waals surface area contributed by atoms with Gasteiger partial charge >= 0.3 is 0 Å². The lowest BCUT2D eigenvalue weighted by atomic mass is 10.0. The molecule has 0 saturated carbocycles. The summed E-state index contributed by atoms with van der Waals surface area (Å²) >= 11 is 0. The molecule has 0 aliphatic carbocycles. The number of rotatable bonds is 9. The Labute approximate surface area is 106 Å². The topological polar surface area (TPSA) is 38.0 Å². The second kappa shape index (κ2) is 9.06. The third-order valence-corrected chi connectivity index (χ3v) is 3.19. The summed E-state index contributed by atoms with van der Waals surface area (Å²) < 4.78 is 0. The highest BCUT2D eigenvalue weighted by Gasteiger charge is 1.95. The van der Waals surface area contributed by atoms with E-state index < -0.39 is 0 Å². The molecule has 17 heavy (non-hydrogen) atoms. The number of nitrogens with two attached hydrogens (primary N) is 1. The fourth-order valence-electron chi connectivity index (χ4n) is 2.05. The van der Waals surface area contributed by atoms with E-state index >= 15 is 0 Å². The molecule has 0 atom stereocenters. The number of hydrogen-bond donors (Lipinski definition) is 2. The first-order valence-electron chi connectivity index (χ1n) is 6.92. The van der Waals surface area contributed by atoms with Gasteiger partial charge < -0.3 is 5.43 Å². The molecule has 0 heterocycles. The first kappa shape index (κ1) is 14.0. The minimum atomic E-state index is 0.980. The van der Waals surface area contributed by atoms with Gasteiger partial charge in [-0.25, -0.2) is 0 Å². The maximum Gasteiger partial charge on any atom is 0.0485 e. The van der Waals surface area contributed by atoms with Crippen molar-refractivity contribution in [3.05, 3.63) is 29.8 Å². The monoisotopic (exact) mass is 234 g/mol. The van der Waals surface area contributed by atoms with Crippen molar-refractivity contribution in [2.45, 2.75) is 58.3 Å². The van der Waals surface area contributed by atoms with Crippen LogP contribution >= 0.6 is 0 Å². The Morgan fingerprint density at radius 1 is 0.882 bits per heavy atom. The van der Waals surface area contributed by atoms with Gasteiger partial charge in [0.25, 0.3) is 0 Å². The molecule has 0 radical (unpaired) electrons. The van der Waals surface area contributed by atoms with Gasteiger partial charge in [0.05, 0.1) is 0 Å². The van der Waals surface area contributed by atoms with Gasteiger partial charge in [-0.1, -0.05) is 57.6 Å². The third-order valence-electron chi connectivity index (χ3n) is 3.19. The van der Waals surface area contributed by atoms with Gasteiger partial charge in [0.2, 0.25) is 0 Å². The van der Waals surface area contributed by atoms with E-state index in [1.165, 1.54) is 56.9 Å². The smallest absolute Gasteiger partial charge is 0.0485 e. The normalized spacial score (nSPS) is 10.5. The molecule has 0 unspecified atom stereocenters. The van der Waals surface area contributed by atoms with Crippen LogP contribution in [0.4, 0.5) is 5.69 Å². The molecule has 2 nitrogen and oxygen atoms in total. The summed E-state index contributed by atoms with van der Waals surface area (Å²) in [5, 5.41) is 0. The van der Waals surface area contributed by atoms with Crippen molar-refractivity contribution in [2.24, 2.45) is 5.84 Å². The Hall–Kier alpha value is -1.02. The summed E-state index contributed by atoms with van der Waals surface area (Å²) in [5.41, 5.74) is 5.04. The van der Waals surface area contributed by atoms with Crippen LogP contribution in [0.15, 0.2) is 24.3 Å². The van der Waals surface area contributed by atoms with Crippen LogP contribution in [0.25, 0.3) is 0 Å². The van der Waals surface area contributed by atoms with E-state index in [1.54, 1.807) is 0 Å². The van der Waals surface area contributed by atoms with E-state index in [9.17, 15) is 0 Å². The number of anilines is 1. The van der Waals surface area contributed by atoms with Gasteiger partial charge in [-0.15, -0.1) is 0 Å². The van der Waals surface area contributed by atoms with Crippen molar-refractivity contribution in [1.29, 1.82) is 0 Å². The second-order valence-corrected chi connectivity index (χ2v) is 4.71. The first-order valence-corrected chi connectivity index (χ1v) is 6.92. The van der Waals surface area contributed by atoms with Crippen LogP contribution in [0.2, 0.25) is 0 Å². The summed E-state index contributed by atoms with van der Waals surface area (Å²) in [6, 6.07) is 8.39. The minimum absolute atomic E-state index is 0.980. The number of aryl methyl sites for hydroxylation is 1. The summed E-state index contributed by atoms with van der Waals surface area (Å²) in [5.74, 6) is 5.33. The Kier molecular flexibility index (Phi) is 7.48. The minimum Gasteiger partial charge on any atom is -0.324 e. The number of nitrogens with one attached hydrogen (secondary N) is 1. The Morgan fingerprint density at radius 2 is 1.47 bits per heavy atom. The van der Waals surface area contributed by atoms with Crippen molar-refractivity contribution >= 4 is 5.69 Å². The molecule has 0 spiro atoms. The largest absolute Gasteiger partial charge is 0.324 e. The van der Waals surface area contributed by atoms with Crippen LogP contribution in [0.5, 0.6) is 0 Å². The lowest BCUT2D eigenvalue weighted by Gasteiger charge is -2.04. The van der Waals surface area contributed by atoms with Crippen molar-refractivity contribution in [3.8, 4) is 0 Å². The number of hydrazine groups is 1. The van der Waals surface area contributed by atoms with Crippen LogP contribution in [0.1, 0.15) is 57.4 Å². The van der Waals surface area contributed by atoms with Crippen molar-refractivity contribution in [3.63, 3.8) is 0 Å².